The van der Waals surface area contributed by atoms with E-state index < -0.39 is 10.0 Å². The van der Waals surface area contributed by atoms with Crippen molar-refractivity contribution in [3.05, 3.63) is 45.4 Å². The third-order valence-corrected chi connectivity index (χ3v) is 7.55. The zero-order chi connectivity index (χ0) is 22.3. The van der Waals surface area contributed by atoms with Crippen LogP contribution in [-0.2, 0) is 16.4 Å². The van der Waals surface area contributed by atoms with Crippen LogP contribution < -0.4 is 14.2 Å². The first kappa shape index (κ1) is 24.8. The highest BCUT2D eigenvalue weighted by molar-refractivity contribution is 9.10. The molecule has 166 valence electrons. The number of ether oxygens (including phenoxy) is 2. The third kappa shape index (κ3) is 6.26. The summed E-state index contributed by atoms with van der Waals surface area (Å²) in [5.41, 5.74) is 1.37. The number of rotatable bonds is 11. The Morgan fingerprint density at radius 1 is 1.07 bits per heavy atom. The van der Waals surface area contributed by atoms with Crippen molar-refractivity contribution in [3.8, 4) is 11.5 Å². The molecule has 0 radical (unpaired) electrons. The second kappa shape index (κ2) is 11.2. The predicted octanol–water partition coefficient (Wildman–Crippen LogP) is 5.19. The molecule has 9 heteroatoms. The van der Waals surface area contributed by atoms with E-state index in [0.717, 1.165) is 38.0 Å². The van der Waals surface area contributed by atoms with Gasteiger partial charge in [0.15, 0.2) is 11.5 Å². The van der Waals surface area contributed by atoms with Crippen LogP contribution in [-0.4, -0.2) is 47.2 Å². The number of sulfonamides is 1. The maximum absolute atomic E-state index is 13.0. The first-order valence-corrected chi connectivity index (χ1v) is 12.4. The van der Waals surface area contributed by atoms with Gasteiger partial charge in [-0.25, -0.2) is 8.42 Å². The van der Waals surface area contributed by atoms with Crippen molar-refractivity contribution < 1.29 is 17.9 Å². The number of nitrogens with one attached hydrogen (secondary N) is 1. The number of hydrogen-bond donors (Lipinski definition) is 1. The lowest BCUT2D eigenvalue weighted by Gasteiger charge is -2.18. The number of nitrogens with zero attached hydrogens (tertiary/aromatic N) is 1. The Bertz CT molecular complexity index is 966. The smallest absolute Gasteiger partial charge is 0.263 e. The van der Waals surface area contributed by atoms with Crippen molar-refractivity contribution >= 4 is 43.2 Å². The fraction of sp³-hybridized carbons (Fsp3) is 0.429. The van der Waals surface area contributed by atoms with Gasteiger partial charge in [-0.15, -0.1) is 0 Å². The Morgan fingerprint density at radius 2 is 1.70 bits per heavy atom. The monoisotopic (exact) mass is 518 g/mol. The molecule has 1 N–H and O–H groups in total. The highest BCUT2D eigenvalue weighted by Gasteiger charge is 2.22. The van der Waals surface area contributed by atoms with E-state index in [2.05, 4.69) is 39.4 Å². The molecule has 0 atom stereocenters. The molecular formula is C21H28BrClN2O4S. The molecule has 0 saturated heterocycles. The molecule has 0 bridgehead atoms. The molecular weight excluding hydrogens is 492 g/mol. The Kier molecular flexibility index (Phi) is 9.28. The van der Waals surface area contributed by atoms with Crippen molar-refractivity contribution in [1.29, 1.82) is 0 Å². The van der Waals surface area contributed by atoms with Crippen molar-refractivity contribution in [1.82, 2.24) is 4.90 Å². The number of anilines is 1. The van der Waals surface area contributed by atoms with Gasteiger partial charge in [-0.05, 0) is 78.2 Å². The second-order valence-electron chi connectivity index (χ2n) is 6.68. The molecule has 6 nitrogen and oxygen atoms in total. The molecule has 0 aliphatic carbocycles. The number of methoxy groups -OCH3 is 2. The minimum Gasteiger partial charge on any atom is -0.493 e. The van der Waals surface area contributed by atoms with Gasteiger partial charge < -0.3 is 14.4 Å². The molecule has 30 heavy (non-hydrogen) atoms. The molecule has 2 rings (SSSR count). The summed E-state index contributed by atoms with van der Waals surface area (Å²) in [7, 11) is -0.907. The summed E-state index contributed by atoms with van der Waals surface area (Å²) in [6.07, 6.45) is 1.71. The van der Waals surface area contributed by atoms with Gasteiger partial charge in [0.25, 0.3) is 10.0 Å². The summed E-state index contributed by atoms with van der Waals surface area (Å²) >= 11 is 9.64. The fourth-order valence-corrected chi connectivity index (χ4v) is 5.41. The zero-order valence-electron chi connectivity index (χ0n) is 17.7. The van der Waals surface area contributed by atoms with Gasteiger partial charge in [0.05, 0.1) is 14.2 Å². The van der Waals surface area contributed by atoms with Crippen molar-refractivity contribution in [2.24, 2.45) is 0 Å². The molecule has 2 aromatic carbocycles. The van der Waals surface area contributed by atoms with Crippen LogP contribution in [0.5, 0.6) is 11.5 Å². The van der Waals surface area contributed by atoms with Gasteiger partial charge in [-0.3, -0.25) is 4.72 Å². The van der Waals surface area contributed by atoms with E-state index in [9.17, 15) is 8.42 Å². The van der Waals surface area contributed by atoms with E-state index >= 15 is 0 Å². The van der Waals surface area contributed by atoms with Gasteiger partial charge in [-0.1, -0.05) is 25.4 Å². The molecule has 0 unspecified atom stereocenters. The van der Waals surface area contributed by atoms with E-state index in [4.69, 9.17) is 21.1 Å². The summed E-state index contributed by atoms with van der Waals surface area (Å²) < 4.78 is 39.4. The summed E-state index contributed by atoms with van der Waals surface area (Å²) in [6.45, 7) is 7.25. The van der Waals surface area contributed by atoms with Crippen LogP contribution >= 0.6 is 27.5 Å². The number of halogens is 2. The topological polar surface area (TPSA) is 67.9 Å². The lowest BCUT2D eigenvalue weighted by Crippen LogP contribution is -2.24. The maximum atomic E-state index is 13.0. The fourth-order valence-electron chi connectivity index (χ4n) is 3.11. The van der Waals surface area contributed by atoms with Crippen LogP contribution in [0.3, 0.4) is 0 Å². The van der Waals surface area contributed by atoms with Crippen LogP contribution in [0.25, 0.3) is 0 Å². The van der Waals surface area contributed by atoms with Crippen molar-refractivity contribution in [2.75, 3.05) is 38.6 Å². The zero-order valence-corrected chi connectivity index (χ0v) is 20.8. The third-order valence-electron chi connectivity index (χ3n) is 4.84. The van der Waals surface area contributed by atoms with Gasteiger partial charge >= 0.3 is 0 Å². The van der Waals surface area contributed by atoms with Crippen molar-refractivity contribution in [3.63, 3.8) is 0 Å². The SMILES string of the molecule is CCN(CC)CCCc1cc(NS(=O)(=O)c2cc(OC)c(OC)cc2Br)ccc1Cl. The number of benzene rings is 2. The van der Waals surface area contributed by atoms with Crippen LogP contribution in [0.1, 0.15) is 25.8 Å². The second-order valence-corrected chi connectivity index (χ2v) is 9.59. The van der Waals surface area contributed by atoms with Crippen LogP contribution in [0, 0.1) is 0 Å². The molecule has 0 saturated carbocycles. The standard InChI is InChI=1S/C21H28BrClN2O4S/c1-5-25(6-2)11-7-8-15-12-16(9-10-18(15)23)24-30(26,27)21-14-20(29-4)19(28-3)13-17(21)22/h9-10,12-14,24H,5-8,11H2,1-4H3. The van der Waals surface area contributed by atoms with E-state index in [0.29, 0.717) is 26.7 Å². The molecule has 0 fully saturated rings. The summed E-state index contributed by atoms with van der Waals surface area (Å²) in [4.78, 5) is 2.40. The molecule has 0 spiro atoms. The van der Waals surface area contributed by atoms with E-state index in [-0.39, 0.29) is 4.90 Å². The van der Waals surface area contributed by atoms with Gasteiger partial charge in [0.1, 0.15) is 4.90 Å². The average Bonchev–Trinajstić information content (AvgIpc) is 2.72. The average molecular weight is 520 g/mol. The Labute approximate surface area is 192 Å². The molecule has 0 amide bonds. The number of aryl methyl sites for hydroxylation is 1. The first-order valence-electron chi connectivity index (χ1n) is 9.70. The lowest BCUT2D eigenvalue weighted by molar-refractivity contribution is 0.300. The molecule has 0 heterocycles. The Balaban J connectivity index is 2.23. The van der Waals surface area contributed by atoms with E-state index in [1.165, 1.54) is 20.3 Å². The lowest BCUT2D eigenvalue weighted by atomic mass is 10.1. The Morgan fingerprint density at radius 3 is 2.30 bits per heavy atom. The van der Waals surface area contributed by atoms with Crippen molar-refractivity contribution in [2.45, 2.75) is 31.6 Å². The minimum absolute atomic E-state index is 0.0539. The molecule has 0 aliphatic heterocycles. The quantitative estimate of drug-likeness (QED) is 0.442. The summed E-state index contributed by atoms with van der Waals surface area (Å²) in [5, 5.41) is 0.629. The normalized spacial score (nSPS) is 11.6. The van der Waals surface area contributed by atoms with Crippen LogP contribution in [0.15, 0.2) is 39.7 Å². The van der Waals surface area contributed by atoms with Gasteiger partial charge in [0, 0.05) is 21.2 Å². The summed E-state index contributed by atoms with van der Waals surface area (Å²) in [6, 6.07) is 8.15. The predicted molar refractivity (Wildman–Crippen MR) is 126 cm³/mol. The van der Waals surface area contributed by atoms with E-state index in [1.807, 2.05) is 0 Å². The first-order chi connectivity index (χ1) is 14.2. The number of hydrogen-bond acceptors (Lipinski definition) is 5. The van der Waals surface area contributed by atoms with Gasteiger partial charge in [0.2, 0.25) is 0 Å². The minimum atomic E-state index is -3.86. The molecule has 0 aromatic heterocycles. The summed E-state index contributed by atoms with van der Waals surface area (Å²) in [5.74, 6) is 0.763. The van der Waals surface area contributed by atoms with Crippen LogP contribution in [0.4, 0.5) is 5.69 Å². The maximum Gasteiger partial charge on any atom is 0.263 e. The Hall–Kier alpha value is -1.48. The van der Waals surface area contributed by atoms with Gasteiger partial charge in [-0.2, -0.15) is 0 Å². The highest BCUT2D eigenvalue weighted by Crippen LogP contribution is 2.36. The van der Waals surface area contributed by atoms with Crippen LogP contribution in [0.2, 0.25) is 5.02 Å². The van der Waals surface area contributed by atoms with E-state index in [1.54, 1.807) is 24.3 Å². The largest absolute Gasteiger partial charge is 0.493 e. The molecule has 0 aliphatic rings. The molecule has 2 aromatic rings. The highest BCUT2D eigenvalue weighted by atomic mass is 79.9.